The number of carbonyl (C=O) groups is 1. The monoisotopic (exact) mass is 581 g/mol. The number of amides is 1. The molecule has 1 aliphatic carbocycles. The van der Waals surface area contributed by atoms with Gasteiger partial charge in [-0.25, -0.2) is 22.6 Å². The van der Waals surface area contributed by atoms with E-state index in [-0.39, 0.29) is 29.5 Å². The van der Waals surface area contributed by atoms with Gasteiger partial charge >= 0.3 is 6.09 Å². The fraction of sp³-hybridized carbons (Fsp3) is 0.655. The predicted octanol–water partition coefficient (Wildman–Crippen LogP) is 6.67. The molecule has 0 N–H and O–H groups in total. The van der Waals surface area contributed by atoms with Crippen molar-refractivity contribution in [2.45, 2.75) is 94.9 Å². The van der Waals surface area contributed by atoms with Crippen molar-refractivity contribution in [3.63, 3.8) is 0 Å². The van der Waals surface area contributed by atoms with E-state index in [1.807, 2.05) is 10.7 Å². The Bertz CT molecular complexity index is 1130. The van der Waals surface area contributed by atoms with Crippen LogP contribution in [0, 0.1) is 17.5 Å². The number of ether oxygens (including phenoxy) is 3. The maximum Gasteiger partial charge on any atom is 0.409 e. The van der Waals surface area contributed by atoms with Crippen LogP contribution in [0.25, 0.3) is 0 Å². The van der Waals surface area contributed by atoms with Crippen LogP contribution in [0.1, 0.15) is 61.6 Å². The minimum Gasteiger partial charge on any atom is -0.453 e. The Morgan fingerprint density at radius 2 is 1.77 bits per heavy atom. The lowest BCUT2D eigenvalue weighted by molar-refractivity contribution is -0.0256. The minimum atomic E-state index is -1.20. The van der Waals surface area contributed by atoms with Crippen LogP contribution in [0.4, 0.5) is 18.0 Å². The molecule has 1 saturated carbocycles. The van der Waals surface area contributed by atoms with Gasteiger partial charge in [-0.15, -0.1) is 0 Å². The van der Waals surface area contributed by atoms with Crippen molar-refractivity contribution in [2.75, 3.05) is 26.9 Å². The van der Waals surface area contributed by atoms with E-state index < -0.39 is 31.6 Å². The van der Waals surface area contributed by atoms with Crippen LogP contribution < -0.4 is 0 Å². The molecule has 11 heteroatoms. The number of likely N-dealkylation sites (tertiary alicyclic amines) is 1. The van der Waals surface area contributed by atoms with E-state index in [1.54, 1.807) is 11.1 Å². The first-order valence-electron chi connectivity index (χ1n) is 14.3. The third-order valence-electron chi connectivity index (χ3n) is 8.19. The van der Waals surface area contributed by atoms with E-state index in [0.717, 1.165) is 36.7 Å². The van der Waals surface area contributed by atoms with E-state index >= 15 is 0 Å². The van der Waals surface area contributed by atoms with Gasteiger partial charge in [-0.2, -0.15) is 5.10 Å². The molecule has 222 valence electrons. The average Bonchev–Trinajstić information content (AvgIpc) is 3.40. The molecule has 2 unspecified atom stereocenters. The Kier molecular flexibility index (Phi) is 10.3. The van der Waals surface area contributed by atoms with Crippen LogP contribution in [0.3, 0.4) is 0 Å². The van der Waals surface area contributed by atoms with E-state index in [9.17, 15) is 18.0 Å². The highest BCUT2D eigenvalue weighted by Gasteiger charge is 2.38. The van der Waals surface area contributed by atoms with Crippen LogP contribution >= 0.6 is 0 Å². The summed E-state index contributed by atoms with van der Waals surface area (Å²) in [6.07, 6.45) is 5.14. The van der Waals surface area contributed by atoms with E-state index in [0.29, 0.717) is 52.2 Å². The smallest absolute Gasteiger partial charge is 0.409 e. The van der Waals surface area contributed by atoms with Crippen LogP contribution in [0.2, 0.25) is 25.7 Å². The molecule has 1 aliphatic heterocycles. The summed E-state index contributed by atoms with van der Waals surface area (Å²) >= 11 is 0. The van der Waals surface area contributed by atoms with Gasteiger partial charge in [-0.3, -0.25) is 0 Å². The summed E-state index contributed by atoms with van der Waals surface area (Å²) in [5, 5.41) is 4.50. The summed E-state index contributed by atoms with van der Waals surface area (Å²) in [5.41, 5.74) is 0.832. The fourth-order valence-corrected chi connectivity index (χ4v) is 6.67. The molecule has 1 saturated heterocycles. The first kappa shape index (κ1) is 30.6. The normalized spacial score (nSPS) is 23.8. The number of piperidine rings is 1. The fourth-order valence-electron chi connectivity index (χ4n) is 5.92. The maximum absolute atomic E-state index is 14.3. The van der Waals surface area contributed by atoms with Crippen molar-refractivity contribution in [3.8, 4) is 0 Å². The summed E-state index contributed by atoms with van der Waals surface area (Å²) in [4.78, 5) is 14.5. The van der Waals surface area contributed by atoms with Crippen molar-refractivity contribution in [3.05, 3.63) is 53.1 Å². The summed E-state index contributed by atoms with van der Waals surface area (Å²) in [5.74, 6) is -3.23. The average molecular weight is 582 g/mol. The second kappa shape index (κ2) is 13.5. The lowest BCUT2D eigenvalue weighted by atomic mass is 9.82. The number of nitrogens with zero attached hydrogens (tertiary/aromatic N) is 3. The zero-order valence-electron chi connectivity index (χ0n) is 24.0. The number of hydrogen-bond donors (Lipinski definition) is 0. The summed E-state index contributed by atoms with van der Waals surface area (Å²) < 4.78 is 61.7. The number of aromatic nitrogens is 2. The molecule has 40 heavy (non-hydrogen) atoms. The topological polar surface area (TPSA) is 65.8 Å². The first-order valence-corrected chi connectivity index (χ1v) is 18.0. The lowest BCUT2D eigenvalue weighted by Gasteiger charge is -2.41. The standard InChI is InChI=1S/C29H42F3N3O4Si/c1-37-29(36)34-15-5-6-22(25-13-14-33-35(25)19-38-16-17-40(2,3)4)26(34)18-39-21-9-7-20(8-10-21)27-23(30)11-12-24(31)28(27)32/h11-14,20-22,26H,5-10,15-19H2,1-4H3. The van der Waals surface area contributed by atoms with Gasteiger partial charge in [-0.05, 0) is 68.7 Å². The van der Waals surface area contributed by atoms with Crippen LogP contribution in [-0.2, 0) is 20.9 Å². The molecule has 2 heterocycles. The molecule has 1 aromatic carbocycles. The second-order valence-corrected chi connectivity index (χ2v) is 17.8. The minimum absolute atomic E-state index is 0.0113. The summed E-state index contributed by atoms with van der Waals surface area (Å²) in [6.45, 7) is 8.86. The van der Waals surface area contributed by atoms with Gasteiger partial charge in [0.2, 0.25) is 0 Å². The van der Waals surface area contributed by atoms with Crippen molar-refractivity contribution < 1.29 is 32.2 Å². The number of methoxy groups -OCH3 is 1. The number of halogens is 3. The van der Waals surface area contributed by atoms with Gasteiger partial charge in [-0.1, -0.05) is 19.6 Å². The molecule has 4 rings (SSSR count). The largest absolute Gasteiger partial charge is 0.453 e. The molecule has 2 aliphatic rings. The van der Waals surface area contributed by atoms with Crippen molar-refractivity contribution >= 4 is 14.2 Å². The Morgan fingerprint density at radius 1 is 1.05 bits per heavy atom. The number of benzene rings is 1. The molecule has 0 bridgehead atoms. The number of hydrogen-bond acceptors (Lipinski definition) is 5. The Morgan fingerprint density at radius 3 is 2.48 bits per heavy atom. The first-order chi connectivity index (χ1) is 19.1. The molecule has 7 nitrogen and oxygen atoms in total. The Hall–Kier alpha value is -2.37. The van der Waals surface area contributed by atoms with E-state index in [2.05, 4.69) is 24.7 Å². The third-order valence-corrected chi connectivity index (χ3v) is 9.90. The highest BCUT2D eigenvalue weighted by molar-refractivity contribution is 6.76. The zero-order chi connectivity index (χ0) is 28.9. The molecule has 1 aromatic heterocycles. The highest BCUT2D eigenvalue weighted by Crippen LogP contribution is 2.38. The van der Waals surface area contributed by atoms with Crippen LogP contribution in [-0.4, -0.2) is 67.9 Å². The van der Waals surface area contributed by atoms with Crippen molar-refractivity contribution in [2.24, 2.45) is 0 Å². The molecular weight excluding hydrogens is 539 g/mol. The second-order valence-electron chi connectivity index (χ2n) is 12.1. The van der Waals surface area contributed by atoms with Gasteiger partial charge in [0.25, 0.3) is 0 Å². The molecule has 2 aromatic rings. The lowest BCUT2D eigenvalue weighted by Crippen LogP contribution is -2.50. The summed E-state index contributed by atoms with van der Waals surface area (Å²) in [6, 6.07) is 4.61. The zero-order valence-corrected chi connectivity index (χ0v) is 25.0. The van der Waals surface area contributed by atoms with Gasteiger partial charge in [0.15, 0.2) is 11.6 Å². The van der Waals surface area contributed by atoms with Crippen LogP contribution in [0.15, 0.2) is 24.4 Å². The van der Waals surface area contributed by atoms with E-state index in [4.69, 9.17) is 14.2 Å². The Balaban J connectivity index is 1.41. The van der Waals surface area contributed by atoms with Gasteiger partial charge < -0.3 is 19.1 Å². The highest BCUT2D eigenvalue weighted by atomic mass is 28.3. The molecule has 1 amide bonds. The van der Waals surface area contributed by atoms with Gasteiger partial charge in [0.05, 0.1) is 25.9 Å². The molecule has 0 radical (unpaired) electrons. The number of rotatable bonds is 10. The van der Waals surface area contributed by atoms with Crippen molar-refractivity contribution in [1.82, 2.24) is 14.7 Å². The van der Waals surface area contributed by atoms with E-state index in [1.165, 1.54) is 7.11 Å². The van der Waals surface area contributed by atoms with Crippen LogP contribution in [0.5, 0.6) is 0 Å². The van der Waals surface area contributed by atoms with Gasteiger partial charge in [0, 0.05) is 44.6 Å². The third kappa shape index (κ3) is 7.47. The molecular formula is C29H42F3N3O4Si. The molecule has 2 fully saturated rings. The maximum atomic E-state index is 14.3. The quantitative estimate of drug-likeness (QED) is 0.178. The Labute approximate surface area is 236 Å². The van der Waals surface area contributed by atoms with Crippen molar-refractivity contribution in [1.29, 1.82) is 0 Å². The van der Waals surface area contributed by atoms with Gasteiger partial charge in [0.1, 0.15) is 12.5 Å². The number of carbonyl (C=O) groups excluding carboxylic acids is 1. The molecule has 0 spiro atoms. The molecule has 2 atom stereocenters. The predicted molar refractivity (Wildman–Crippen MR) is 148 cm³/mol. The SMILES string of the molecule is COC(=O)N1CCCC(c2ccnn2COCC[Si](C)(C)C)C1COC1CCC(c2c(F)ccc(F)c2F)CC1. The summed E-state index contributed by atoms with van der Waals surface area (Å²) in [7, 11) is 0.177.